The lowest BCUT2D eigenvalue weighted by molar-refractivity contribution is 1.18. The summed E-state index contributed by atoms with van der Waals surface area (Å²) in [6, 6.07) is 0. The van der Waals surface area contributed by atoms with E-state index in [4.69, 9.17) is 0 Å². The number of hydrogen-bond acceptors (Lipinski definition) is 2. The first-order chi connectivity index (χ1) is 5.13. The molecule has 2 heteroatoms. The predicted octanol–water partition coefficient (Wildman–Crippen LogP) is 2.59. The molecule has 0 spiro atoms. The van der Waals surface area contributed by atoms with Gasteiger partial charge in [-0.05, 0) is 33.1 Å². The van der Waals surface area contributed by atoms with Gasteiger partial charge in [0.15, 0.2) is 0 Å². The molecule has 11 heavy (non-hydrogen) atoms. The summed E-state index contributed by atoms with van der Waals surface area (Å²) < 4.78 is 0. The zero-order valence-electron chi connectivity index (χ0n) is 7.39. The van der Waals surface area contributed by atoms with Gasteiger partial charge in [0.1, 0.15) is 0 Å². The highest BCUT2D eigenvalue weighted by molar-refractivity contribution is 5.57. The van der Waals surface area contributed by atoms with Gasteiger partial charge in [0.25, 0.3) is 0 Å². The van der Waals surface area contributed by atoms with Crippen molar-refractivity contribution in [3.05, 3.63) is 23.5 Å². The number of allylic oxidation sites excluding steroid dienone is 2. The molecule has 2 nitrogen and oxygen atoms in total. The van der Waals surface area contributed by atoms with Crippen molar-refractivity contribution in [3.8, 4) is 0 Å². The number of nitrogens with zero attached hydrogens (tertiary/aromatic N) is 2. The van der Waals surface area contributed by atoms with Crippen LogP contribution in [0, 0.1) is 0 Å². The lowest BCUT2D eigenvalue weighted by atomic mass is 10.2. The Morgan fingerprint density at radius 3 is 2.27 bits per heavy atom. The van der Waals surface area contributed by atoms with Crippen molar-refractivity contribution in [1.82, 2.24) is 0 Å². The Balaban J connectivity index is 4.60. The Kier molecular flexibility index (Phi) is 4.11. The molecule has 0 saturated carbocycles. The molecule has 0 aromatic rings. The Morgan fingerprint density at radius 2 is 1.91 bits per heavy atom. The van der Waals surface area contributed by atoms with Crippen LogP contribution < -0.4 is 0 Å². The maximum Gasteiger partial charge on any atom is 0.0601 e. The molecule has 0 aliphatic rings. The van der Waals surface area contributed by atoms with E-state index < -0.39 is 0 Å². The SMILES string of the molecule is C=N/C(C)=C(\C)C(=C)N=CC. The molecule has 0 aromatic carbocycles. The monoisotopic (exact) mass is 150 g/mol. The average Bonchev–Trinajstić information content (AvgIpc) is 2.02. The minimum atomic E-state index is 0.748. The van der Waals surface area contributed by atoms with E-state index in [0.29, 0.717) is 0 Å². The van der Waals surface area contributed by atoms with Gasteiger partial charge < -0.3 is 0 Å². The van der Waals surface area contributed by atoms with E-state index in [0.717, 1.165) is 17.0 Å². The quantitative estimate of drug-likeness (QED) is 0.436. The van der Waals surface area contributed by atoms with Gasteiger partial charge in [-0.15, -0.1) is 0 Å². The predicted molar refractivity (Wildman–Crippen MR) is 51.2 cm³/mol. The van der Waals surface area contributed by atoms with Crippen molar-refractivity contribution < 1.29 is 0 Å². The third-order valence-corrected chi connectivity index (χ3v) is 1.50. The van der Waals surface area contributed by atoms with Crippen LogP contribution in [-0.4, -0.2) is 12.9 Å². The molecule has 60 valence electrons. The minimum Gasteiger partial charge on any atom is -0.269 e. The van der Waals surface area contributed by atoms with E-state index >= 15 is 0 Å². The van der Waals surface area contributed by atoms with Crippen molar-refractivity contribution in [2.45, 2.75) is 20.8 Å². The molecular weight excluding hydrogens is 136 g/mol. The van der Waals surface area contributed by atoms with Crippen molar-refractivity contribution in [2.24, 2.45) is 9.98 Å². The molecule has 0 atom stereocenters. The highest BCUT2D eigenvalue weighted by atomic mass is 14.8. The van der Waals surface area contributed by atoms with Gasteiger partial charge in [-0.3, -0.25) is 9.98 Å². The molecule has 0 fully saturated rings. The molecule has 0 aromatic heterocycles. The summed E-state index contributed by atoms with van der Waals surface area (Å²) in [5.74, 6) is 0. The average molecular weight is 150 g/mol. The van der Waals surface area contributed by atoms with Crippen LogP contribution in [0.25, 0.3) is 0 Å². The molecule has 0 saturated heterocycles. The van der Waals surface area contributed by atoms with Gasteiger partial charge in [0.2, 0.25) is 0 Å². The van der Waals surface area contributed by atoms with Crippen molar-refractivity contribution in [1.29, 1.82) is 0 Å². The maximum atomic E-state index is 4.03. The topological polar surface area (TPSA) is 24.7 Å². The highest BCUT2D eigenvalue weighted by Crippen LogP contribution is 2.13. The van der Waals surface area contributed by atoms with Crippen LogP contribution in [0.4, 0.5) is 0 Å². The van der Waals surface area contributed by atoms with Crippen LogP contribution in [0.2, 0.25) is 0 Å². The molecule has 0 rings (SSSR count). The minimum absolute atomic E-state index is 0.748. The van der Waals surface area contributed by atoms with E-state index in [2.05, 4.69) is 23.3 Å². The van der Waals surface area contributed by atoms with E-state index in [1.165, 1.54) is 0 Å². The highest BCUT2D eigenvalue weighted by Gasteiger charge is 1.96. The number of aliphatic imine (C=N–C) groups is 2. The molecule has 0 amide bonds. The number of hydrogen-bond donors (Lipinski definition) is 0. The Hall–Kier alpha value is -1.18. The second-order valence-electron chi connectivity index (χ2n) is 2.20. The van der Waals surface area contributed by atoms with Crippen LogP contribution in [0.15, 0.2) is 33.5 Å². The smallest absolute Gasteiger partial charge is 0.0601 e. The normalized spacial score (nSPS) is 13.0. The van der Waals surface area contributed by atoms with E-state index in [-0.39, 0.29) is 0 Å². The largest absolute Gasteiger partial charge is 0.269 e. The van der Waals surface area contributed by atoms with Gasteiger partial charge in [0.05, 0.1) is 5.70 Å². The zero-order valence-corrected chi connectivity index (χ0v) is 7.39. The first kappa shape index (κ1) is 9.82. The van der Waals surface area contributed by atoms with Crippen molar-refractivity contribution >= 4 is 12.9 Å². The summed E-state index contributed by atoms with van der Waals surface area (Å²) >= 11 is 0. The maximum absolute atomic E-state index is 4.03. The van der Waals surface area contributed by atoms with Gasteiger partial charge >= 0.3 is 0 Å². The van der Waals surface area contributed by atoms with Crippen LogP contribution in [0.1, 0.15) is 20.8 Å². The third kappa shape index (κ3) is 2.94. The van der Waals surface area contributed by atoms with E-state index in [1.54, 1.807) is 6.21 Å². The number of rotatable bonds is 3. The lowest BCUT2D eigenvalue weighted by Crippen LogP contribution is -1.83. The molecule has 0 aliphatic heterocycles. The van der Waals surface area contributed by atoms with Gasteiger partial charge in [0, 0.05) is 11.9 Å². The molecule has 0 N–H and O–H groups in total. The summed E-state index contributed by atoms with van der Waals surface area (Å²) in [5.41, 5.74) is 2.61. The second-order valence-corrected chi connectivity index (χ2v) is 2.20. The summed E-state index contributed by atoms with van der Waals surface area (Å²) in [5, 5.41) is 0. The van der Waals surface area contributed by atoms with E-state index in [9.17, 15) is 0 Å². The first-order valence-electron chi connectivity index (χ1n) is 3.45. The van der Waals surface area contributed by atoms with Crippen molar-refractivity contribution in [2.75, 3.05) is 0 Å². The Bertz CT molecular complexity index is 222. The summed E-state index contributed by atoms with van der Waals surface area (Å²) in [4.78, 5) is 7.82. The fourth-order valence-electron chi connectivity index (χ4n) is 0.580. The molecule has 0 heterocycles. The van der Waals surface area contributed by atoms with Gasteiger partial charge in [-0.2, -0.15) is 0 Å². The summed E-state index contributed by atoms with van der Waals surface area (Å²) in [6.07, 6.45) is 1.71. The Labute approximate surface area is 68.1 Å². The van der Waals surface area contributed by atoms with Gasteiger partial charge in [-0.25, -0.2) is 0 Å². The van der Waals surface area contributed by atoms with Gasteiger partial charge in [-0.1, -0.05) is 6.58 Å². The standard InChI is InChI=1S/C9H14N2/c1-6-11-9(4)7(2)8(3)10-5/h6H,4-5H2,1-3H3/b8-7+,11-6?. The zero-order chi connectivity index (χ0) is 8.85. The molecule has 0 aliphatic carbocycles. The van der Waals surface area contributed by atoms with Crippen LogP contribution in [-0.2, 0) is 0 Å². The Morgan fingerprint density at radius 1 is 1.36 bits per heavy atom. The lowest BCUT2D eigenvalue weighted by Gasteiger charge is -2.00. The fourth-order valence-corrected chi connectivity index (χ4v) is 0.580. The van der Waals surface area contributed by atoms with E-state index in [1.807, 2.05) is 20.8 Å². The van der Waals surface area contributed by atoms with Crippen LogP contribution in [0.5, 0.6) is 0 Å². The van der Waals surface area contributed by atoms with Crippen LogP contribution >= 0.6 is 0 Å². The molecular formula is C9H14N2. The first-order valence-corrected chi connectivity index (χ1v) is 3.45. The summed E-state index contributed by atoms with van der Waals surface area (Å²) in [6.45, 7) is 12.9. The molecule has 0 radical (unpaired) electrons. The third-order valence-electron chi connectivity index (χ3n) is 1.50. The van der Waals surface area contributed by atoms with Crippen molar-refractivity contribution in [3.63, 3.8) is 0 Å². The summed E-state index contributed by atoms with van der Waals surface area (Å²) in [7, 11) is 0. The molecule has 0 unspecified atom stereocenters. The second kappa shape index (κ2) is 4.61. The molecule has 0 bridgehead atoms. The van der Waals surface area contributed by atoms with Crippen LogP contribution in [0.3, 0.4) is 0 Å². The fraction of sp³-hybridized carbons (Fsp3) is 0.333.